The lowest BCUT2D eigenvalue weighted by Crippen LogP contribution is -2.26. The Hall–Kier alpha value is -1.20. The Morgan fingerprint density at radius 2 is 1.90 bits per heavy atom. The molecule has 20 heavy (non-hydrogen) atoms. The molecule has 0 aliphatic carbocycles. The summed E-state index contributed by atoms with van der Waals surface area (Å²) >= 11 is 6.67. The fraction of sp³-hybridized carbons (Fsp3) is 0.133. The van der Waals surface area contributed by atoms with Crippen molar-refractivity contribution < 1.29 is 9.18 Å². The minimum Gasteiger partial charge on any atom is -0.352 e. The molecular weight excluding hydrogens is 389 g/mol. The Morgan fingerprint density at radius 1 is 1.15 bits per heavy atom. The van der Waals surface area contributed by atoms with Crippen molar-refractivity contribution in [3.8, 4) is 0 Å². The molecule has 0 fully saturated rings. The van der Waals surface area contributed by atoms with E-state index in [4.69, 9.17) is 0 Å². The van der Waals surface area contributed by atoms with E-state index in [1.165, 1.54) is 6.07 Å². The van der Waals surface area contributed by atoms with E-state index >= 15 is 0 Å². The van der Waals surface area contributed by atoms with E-state index in [2.05, 4.69) is 37.2 Å². The fourth-order valence-electron chi connectivity index (χ4n) is 1.78. The average Bonchev–Trinajstić information content (AvgIpc) is 2.43. The van der Waals surface area contributed by atoms with Crippen molar-refractivity contribution in [3.05, 3.63) is 68.4 Å². The SMILES string of the molecule is O=C(NCCc1ccccc1F)c1cc(Br)ccc1Br. The molecule has 104 valence electrons. The molecule has 2 rings (SSSR count). The first-order valence-electron chi connectivity index (χ1n) is 6.04. The minimum absolute atomic E-state index is 0.186. The van der Waals surface area contributed by atoms with Gasteiger partial charge in [-0.25, -0.2) is 4.39 Å². The van der Waals surface area contributed by atoms with Gasteiger partial charge in [-0.05, 0) is 52.2 Å². The quantitative estimate of drug-likeness (QED) is 0.813. The van der Waals surface area contributed by atoms with Gasteiger partial charge in [0.2, 0.25) is 0 Å². The van der Waals surface area contributed by atoms with E-state index in [1.54, 1.807) is 30.3 Å². The first-order chi connectivity index (χ1) is 9.58. The highest BCUT2D eigenvalue weighted by Gasteiger charge is 2.10. The van der Waals surface area contributed by atoms with Gasteiger partial charge in [-0.2, -0.15) is 0 Å². The number of amides is 1. The van der Waals surface area contributed by atoms with Crippen molar-refractivity contribution >= 4 is 37.8 Å². The molecule has 1 N–H and O–H groups in total. The Bertz CT molecular complexity index is 631. The summed E-state index contributed by atoms with van der Waals surface area (Å²) < 4.78 is 15.0. The molecule has 0 saturated heterocycles. The first-order valence-corrected chi connectivity index (χ1v) is 7.63. The van der Waals surface area contributed by atoms with Crippen molar-refractivity contribution in [2.75, 3.05) is 6.54 Å². The first kappa shape index (κ1) is 15.2. The van der Waals surface area contributed by atoms with Gasteiger partial charge < -0.3 is 5.32 Å². The van der Waals surface area contributed by atoms with Crippen molar-refractivity contribution in [2.45, 2.75) is 6.42 Å². The molecule has 2 aromatic carbocycles. The smallest absolute Gasteiger partial charge is 0.252 e. The van der Waals surface area contributed by atoms with Gasteiger partial charge in [0, 0.05) is 15.5 Å². The van der Waals surface area contributed by atoms with Crippen LogP contribution in [0.2, 0.25) is 0 Å². The number of hydrogen-bond acceptors (Lipinski definition) is 1. The van der Waals surface area contributed by atoms with Gasteiger partial charge >= 0.3 is 0 Å². The molecule has 0 unspecified atom stereocenters. The molecule has 0 bridgehead atoms. The van der Waals surface area contributed by atoms with Crippen LogP contribution in [0.25, 0.3) is 0 Å². The second-order valence-electron chi connectivity index (χ2n) is 4.22. The number of nitrogens with one attached hydrogen (secondary N) is 1. The van der Waals surface area contributed by atoms with Crippen LogP contribution in [-0.2, 0) is 6.42 Å². The third kappa shape index (κ3) is 3.90. The number of carbonyl (C=O) groups excluding carboxylic acids is 1. The standard InChI is InChI=1S/C15H12Br2FNO/c16-11-5-6-13(17)12(9-11)15(20)19-8-7-10-3-1-2-4-14(10)18/h1-6,9H,7-8H2,(H,19,20). The largest absolute Gasteiger partial charge is 0.352 e. The molecule has 2 aromatic rings. The summed E-state index contributed by atoms with van der Waals surface area (Å²) in [5, 5.41) is 2.79. The van der Waals surface area contributed by atoms with E-state index in [9.17, 15) is 9.18 Å². The van der Waals surface area contributed by atoms with Crippen LogP contribution in [0, 0.1) is 5.82 Å². The zero-order valence-electron chi connectivity index (χ0n) is 10.5. The van der Waals surface area contributed by atoms with Crippen LogP contribution in [0.15, 0.2) is 51.4 Å². The average molecular weight is 401 g/mol. The number of benzene rings is 2. The second kappa shape index (κ2) is 6.99. The maximum absolute atomic E-state index is 13.4. The molecule has 5 heteroatoms. The van der Waals surface area contributed by atoms with Crippen LogP contribution in [0.4, 0.5) is 4.39 Å². The van der Waals surface area contributed by atoms with Gasteiger partial charge in [-0.15, -0.1) is 0 Å². The lowest BCUT2D eigenvalue weighted by Gasteiger charge is -2.08. The maximum atomic E-state index is 13.4. The van der Waals surface area contributed by atoms with Crippen LogP contribution in [0.1, 0.15) is 15.9 Å². The molecular formula is C15H12Br2FNO. The van der Waals surface area contributed by atoms with Gasteiger partial charge in [0.15, 0.2) is 0 Å². The summed E-state index contributed by atoms with van der Waals surface area (Å²) in [7, 11) is 0. The van der Waals surface area contributed by atoms with E-state index in [0.717, 1.165) is 8.95 Å². The highest BCUT2D eigenvalue weighted by molar-refractivity contribution is 9.11. The summed E-state index contributed by atoms with van der Waals surface area (Å²) in [6, 6.07) is 12.0. The normalized spacial score (nSPS) is 10.3. The molecule has 0 saturated carbocycles. The topological polar surface area (TPSA) is 29.1 Å². The van der Waals surface area contributed by atoms with Gasteiger partial charge in [-0.1, -0.05) is 34.1 Å². The van der Waals surface area contributed by atoms with Crippen LogP contribution in [0.5, 0.6) is 0 Å². The van der Waals surface area contributed by atoms with Gasteiger partial charge in [0.1, 0.15) is 5.82 Å². The molecule has 0 atom stereocenters. The van der Waals surface area contributed by atoms with Crippen LogP contribution in [0.3, 0.4) is 0 Å². The zero-order valence-corrected chi connectivity index (χ0v) is 13.7. The zero-order chi connectivity index (χ0) is 14.5. The molecule has 0 aliphatic heterocycles. The van der Waals surface area contributed by atoms with Gasteiger partial charge in [-0.3, -0.25) is 4.79 Å². The van der Waals surface area contributed by atoms with Crippen molar-refractivity contribution in [1.82, 2.24) is 5.32 Å². The maximum Gasteiger partial charge on any atom is 0.252 e. The predicted molar refractivity (Wildman–Crippen MR) is 84.3 cm³/mol. The number of halogens is 3. The molecule has 0 heterocycles. The summed E-state index contributed by atoms with van der Waals surface area (Å²) in [5.74, 6) is -0.431. The highest BCUT2D eigenvalue weighted by Crippen LogP contribution is 2.21. The van der Waals surface area contributed by atoms with Crippen molar-refractivity contribution in [2.24, 2.45) is 0 Å². The highest BCUT2D eigenvalue weighted by atomic mass is 79.9. The predicted octanol–water partition coefficient (Wildman–Crippen LogP) is 4.32. The Balaban J connectivity index is 1.96. The Kier molecular flexibility index (Phi) is 5.31. The molecule has 0 spiro atoms. The van der Waals surface area contributed by atoms with Gasteiger partial charge in [0.05, 0.1) is 5.56 Å². The van der Waals surface area contributed by atoms with Gasteiger partial charge in [0.25, 0.3) is 5.91 Å². The Labute approximate surface area is 133 Å². The molecule has 0 aromatic heterocycles. The van der Waals surface area contributed by atoms with E-state index < -0.39 is 0 Å². The summed E-state index contributed by atoms with van der Waals surface area (Å²) in [5.41, 5.74) is 1.15. The fourth-order valence-corrected chi connectivity index (χ4v) is 2.57. The van der Waals surface area contributed by atoms with E-state index in [0.29, 0.717) is 24.1 Å². The molecule has 1 amide bonds. The Morgan fingerprint density at radius 3 is 2.65 bits per heavy atom. The van der Waals surface area contributed by atoms with Crippen molar-refractivity contribution in [3.63, 3.8) is 0 Å². The monoisotopic (exact) mass is 399 g/mol. The minimum atomic E-state index is -0.245. The summed E-state index contributed by atoms with van der Waals surface area (Å²) in [6.45, 7) is 0.388. The summed E-state index contributed by atoms with van der Waals surface area (Å²) in [4.78, 5) is 12.0. The molecule has 2 nitrogen and oxygen atoms in total. The number of carbonyl (C=O) groups is 1. The number of rotatable bonds is 4. The van der Waals surface area contributed by atoms with Crippen LogP contribution >= 0.6 is 31.9 Å². The lowest BCUT2D eigenvalue weighted by atomic mass is 10.1. The second-order valence-corrected chi connectivity index (χ2v) is 5.99. The lowest BCUT2D eigenvalue weighted by molar-refractivity contribution is 0.0953. The van der Waals surface area contributed by atoms with E-state index in [1.807, 2.05) is 6.07 Å². The third-order valence-corrected chi connectivity index (χ3v) is 4.00. The molecule has 0 radical (unpaired) electrons. The van der Waals surface area contributed by atoms with Crippen molar-refractivity contribution in [1.29, 1.82) is 0 Å². The molecule has 0 aliphatic rings. The van der Waals surface area contributed by atoms with E-state index in [-0.39, 0.29) is 11.7 Å². The van der Waals surface area contributed by atoms with Crippen LogP contribution < -0.4 is 5.32 Å². The summed E-state index contributed by atoms with van der Waals surface area (Å²) in [6.07, 6.45) is 0.462. The van der Waals surface area contributed by atoms with Crippen LogP contribution in [-0.4, -0.2) is 12.5 Å². The number of hydrogen-bond donors (Lipinski definition) is 1. The third-order valence-electron chi connectivity index (χ3n) is 2.81.